The third-order valence-electron chi connectivity index (χ3n) is 10.7. The van der Waals surface area contributed by atoms with Crippen molar-refractivity contribution in [1.29, 1.82) is 0 Å². The van der Waals surface area contributed by atoms with Gasteiger partial charge < -0.3 is 28.8 Å². The topological polar surface area (TPSA) is 108 Å². The lowest BCUT2D eigenvalue weighted by atomic mass is 10.0. The van der Waals surface area contributed by atoms with Crippen molar-refractivity contribution in [3.8, 4) is 0 Å². The summed E-state index contributed by atoms with van der Waals surface area (Å²) in [5, 5.41) is 13.9. The van der Waals surface area contributed by atoms with Crippen LogP contribution >= 0.6 is 7.82 Å². The minimum absolute atomic E-state index is 0.00791. The van der Waals surface area contributed by atoms with E-state index in [1.165, 1.54) is 148 Å². The van der Waals surface area contributed by atoms with Crippen molar-refractivity contribution < 1.29 is 32.9 Å². The van der Waals surface area contributed by atoms with Crippen LogP contribution in [0.4, 0.5) is 0 Å². The van der Waals surface area contributed by atoms with Crippen molar-refractivity contribution in [2.75, 3.05) is 40.9 Å². The Morgan fingerprint density at radius 2 is 0.982 bits per heavy atom. The summed E-state index contributed by atoms with van der Waals surface area (Å²) < 4.78 is 23.2. The van der Waals surface area contributed by atoms with Gasteiger partial charge in [-0.15, -0.1) is 0 Å². The zero-order chi connectivity index (χ0) is 41.4. The van der Waals surface area contributed by atoms with Gasteiger partial charge in [-0.25, -0.2) is 0 Å². The number of quaternary nitrogens is 1. The molecule has 56 heavy (non-hydrogen) atoms. The molecular weight excluding hydrogens is 719 g/mol. The van der Waals surface area contributed by atoms with Crippen molar-refractivity contribution in [2.45, 2.75) is 231 Å². The van der Waals surface area contributed by atoms with Crippen LogP contribution in [0.5, 0.6) is 0 Å². The van der Waals surface area contributed by atoms with Gasteiger partial charge in [0.15, 0.2) is 0 Å². The summed E-state index contributed by atoms with van der Waals surface area (Å²) in [4.78, 5) is 25.3. The van der Waals surface area contributed by atoms with Crippen molar-refractivity contribution >= 4 is 13.7 Å². The number of nitrogens with one attached hydrogen (secondary N) is 1. The second kappa shape index (κ2) is 39.4. The van der Waals surface area contributed by atoms with Crippen molar-refractivity contribution in [3.05, 3.63) is 24.3 Å². The fourth-order valence-corrected chi connectivity index (χ4v) is 7.58. The lowest BCUT2D eigenvalue weighted by Gasteiger charge is -2.30. The average Bonchev–Trinajstić information content (AvgIpc) is 3.15. The summed E-state index contributed by atoms with van der Waals surface area (Å²) in [6.07, 6.45) is 46.2. The number of amides is 1. The van der Waals surface area contributed by atoms with Crippen molar-refractivity contribution in [3.63, 3.8) is 0 Å². The van der Waals surface area contributed by atoms with E-state index in [1.807, 2.05) is 21.1 Å². The second-order valence-electron chi connectivity index (χ2n) is 17.5. The number of hydrogen-bond acceptors (Lipinski definition) is 6. The number of allylic oxidation sites excluding steroid dienone is 4. The molecule has 2 N–H and O–H groups in total. The number of phosphoric ester groups is 1. The highest BCUT2D eigenvalue weighted by molar-refractivity contribution is 7.45. The molecule has 1 amide bonds. The lowest BCUT2D eigenvalue weighted by molar-refractivity contribution is -0.870. The summed E-state index contributed by atoms with van der Waals surface area (Å²) in [7, 11) is 1.29. The van der Waals surface area contributed by atoms with E-state index in [2.05, 4.69) is 43.5 Å². The van der Waals surface area contributed by atoms with E-state index >= 15 is 0 Å². The van der Waals surface area contributed by atoms with Gasteiger partial charge in [0.2, 0.25) is 5.91 Å². The fourth-order valence-electron chi connectivity index (χ4n) is 6.85. The molecule has 0 spiro atoms. The standard InChI is InChI=1S/C47H93N2O6P/c1-6-8-10-12-14-16-18-19-20-21-22-23-24-25-26-27-28-29-31-33-35-37-39-41-47(51)48-45(44-55-56(52,53)54-43-42-49(3,4)5)46(50)40-38-36-34-32-30-17-15-13-11-9-7-2/h19-20,30,32,45-46,50H,6-18,21-29,31,33-44H2,1-5H3,(H-,48,51,52,53)/b20-19+,32-30+/t45-,46+/m0/s1. The molecule has 0 aliphatic heterocycles. The summed E-state index contributed by atoms with van der Waals surface area (Å²) >= 11 is 0. The number of carbonyl (C=O) groups is 1. The predicted molar refractivity (Wildman–Crippen MR) is 238 cm³/mol. The number of unbranched alkanes of at least 4 members (excludes halogenated alkanes) is 26. The molecule has 0 aromatic rings. The first-order valence-corrected chi connectivity index (χ1v) is 25.1. The molecule has 332 valence electrons. The van der Waals surface area contributed by atoms with Crippen LogP contribution in [0.1, 0.15) is 219 Å². The summed E-state index contributed by atoms with van der Waals surface area (Å²) in [6.45, 7) is 4.68. The minimum atomic E-state index is -4.57. The first-order chi connectivity index (χ1) is 27.0. The van der Waals surface area contributed by atoms with Crippen LogP contribution in [0.2, 0.25) is 0 Å². The van der Waals surface area contributed by atoms with Gasteiger partial charge >= 0.3 is 0 Å². The fraction of sp³-hybridized carbons (Fsp3) is 0.894. The van der Waals surface area contributed by atoms with Crippen LogP contribution in [0, 0.1) is 0 Å². The largest absolute Gasteiger partial charge is 0.756 e. The smallest absolute Gasteiger partial charge is 0.268 e. The molecule has 0 saturated carbocycles. The third kappa shape index (κ3) is 41.2. The van der Waals surface area contributed by atoms with Gasteiger partial charge in [0, 0.05) is 6.42 Å². The first-order valence-electron chi connectivity index (χ1n) is 23.7. The number of aliphatic hydroxyl groups excluding tert-OH is 1. The van der Waals surface area contributed by atoms with Crippen molar-refractivity contribution in [2.24, 2.45) is 0 Å². The second-order valence-corrected chi connectivity index (χ2v) is 18.9. The Morgan fingerprint density at radius 1 is 0.607 bits per heavy atom. The number of likely N-dealkylation sites (N-methyl/N-ethyl adjacent to an activating group) is 1. The zero-order valence-electron chi connectivity index (χ0n) is 37.6. The van der Waals surface area contributed by atoms with Crippen LogP contribution in [-0.4, -0.2) is 68.5 Å². The molecular formula is C47H93N2O6P. The van der Waals surface area contributed by atoms with Gasteiger partial charge in [-0.2, -0.15) is 0 Å². The van der Waals surface area contributed by atoms with Gasteiger partial charge in [0.25, 0.3) is 7.82 Å². The molecule has 0 bridgehead atoms. The number of aliphatic hydroxyl groups is 1. The van der Waals surface area contributed by atoms with E-state index in [9.17, 15) is 19.4 Å². The van der Waals surface area contributed by atoms with E-state index < -0.39 is 20.0 Å². The molecule has 0 saturated heterocycles. The van der Waals surface area contributed by atoms with Crippen LogP contribution in [-0.2, 0) is 18.4 Å². The maximum Gasteiger partial charge on any atom is 0.268 e. The highest BCUT2D eigenvalue weighted by Crippen LogP contribution is 2.38. The molecule has 3 atom stereocenters. The Hall–Kier alpha value is -1.02. The molecule has 0 fully saturated rings. The number of nitrogens with zero attached hydrogens (tertiary/aromatic N) is 1. The third-order valence-corrected chi connectivity index (χ3v) is 11.6. The number of phosphoric acid groups is 1. The van der Waals surface area contributed by atoms with Gasteiger partial charge in [0.05, 0.1) is 39.9 Å². The molecule has 0 aliphatic carbocycles. The molecule has 0 radical (unpaired) electrons. The van der Waals surface area contributed by atoms with Crippen LogP contribution < -0.4 is 10.2 Å². The first kappa shape index (κ1) is 55.0. The Labute approximate surface area is 347 Å². The highest BCUT2D eigenvalue weighted by atomic mass is 31.2. The Morgan fingerprint density at radius 3 is 1.39 bits per heavy atom. The molecule has 8 nitrogen and oxygen atoms in total. The molecule has 0 heterocycles. The van der Waals surface area contributed by atoms with E-state index in [0.717, 1.165) is 44.9 Å². The molecule has 0 aliphatic rings. The van der Waals surface area contributed by atoms with Gasteiger partial charge in [-0.1, -0.05) is 173 Å². The van der Waals surface area contributed by atoms with E-state index in [1.54, 1.807) is 0 Å². The molecule has 0 aromatic carbocycles. The number of hydrogen-bond donors (Lipinski definition) is 2. The minimum Gasteiger partial charge on any atom is -0.756 e. The van der Waals surface area contributed by atoms with E-state index in [-0.39, 0.29) is 19.1 Å². The van der Waals surface area contributed by atoms with E-state index in [0.29, 0.717) is 23.9 Å². The average molecular weight is 813 g/mol. The maximum absolute atomic E-state index is 12.9. The Balaban J connectivity index is 4.20. The number of carbonyl (C=O) groups excluding carboxylic acids is 1. The molecule has 0 aromatic heterocycles. The summed E-state index contributed by atoms with van der Waals surface area (Å²) in [5.74, 6) is -0.175. The lowest BCUT2D eigenvalue weighted by Crippen LogP contribution is -2.46. The maximum atomic E-state index is 12.9. The highest BCUT2D eigenvalue weighted by Gasteiger charge is 2.24. The quantitative estimate of drug-likeness (QED) is 0.0275. The predicted octanol–water partition coefficient (Wildman–Crippen LogP) is 12.7. The van der Waals surface area contributed by atoms with Crippen molar-refractivity contribution in [1.82, 2.24) is 5.32 Å². The van der Waals surface area contributed by atoms with Gasteiger partial charge in [0.1, 0.15) is 13.2 Å². The van der Waals surface area contributed by atoms with Gasteiger partial charge in [-0.05, 0) is 64.2 Å². The van der Waals surface area contributed by atoms with Gasteiger partial charge in [-0.3, -0.25) is 9.36 Å². The summed E-state index contributed by atoms with van der Waals surface area (Å²) in [6, 6.07) is -0.813. The Bertz CT molecular complexity index is 969. The SMILES string of the molecule is CCCCCCC/C=C/CCCC[C@@H](O)[C@H](COP(=O)([O-])OCC[N+](C)(C)C)NC(=O)CCCCCCCCCCCCCCC/C=C/CCCCCCCC. The molecule has 9 heteroatoms. The van der Waals surface area contributed by atoms with E-state index in [4.69, 9.17) is 9.05 Å². The zero-order valence-corrected chi connectivity index (χ0v) is 38.5. The van der Waals surface area contributed by atoms with Crippen LogP contribution in [0.15, 0.2) is 24.3 Å². The number of rotatable bonds is 43. The normalized spacial score (nSPS) is 14.5. The summed E-state index contributed by atoms with van der Waals surface area (Å²) in [5.41, 5.74) is 0. The molecule has 0 rings (SSSR count). The monoisotopic (exact) mass is 813 g/mol. The molecule has 1 unspecified atom stereocenters. The Kier molecular flexibility index (Phi) is 38.7. The van der Waals surface area contributed by atoms with Crippen LogP contribution in [0.25, 0.3) is 0 Å². The van der Waals surface area contributed by atoms with Crippen LogP contribution in [0.3, 0.4) is 0 Å².